The highest BCUT2D eigenvalue weighted by atomic mass is 32.1. The first-order chi connectivity index (χ1) is 7.68. The molecule has 16 heavy (non-hydrogen) atoms. The summed E-state index contributed by atoms with van der Waals surface area (Å²) in [6.45, 7) is 1.75. The van der Waals surface area contributed by atoms with E-state index >= 15 is 0 Å². The van der Waals surface area contributed by atoms with Crippen LogP contribution in [0.25, 0.3) is 0 Å². The van der Waals surface area contributed by atoms with Crippen LogP contribution in [0.15, 0.2) is 29.4 Å². The number of nitrogens with zero attached hydrogens (tertiary/aromatic N) is 3. The normalized spacial score (nSPS) is 11.1. The average molecular weight is 236 g/mol. The zero-order valence-corrected chi connectivity index (χ0v) is 9.33. The van der Waals surface area contributed by atoms with Gasteiger partial charge < -0.3 is 0 Å². The first-order valence-corrected chi connectivity index (χ1v) is 5.02. The molecule has 0 fully saturated rings. The van der Waals surface area contributed by atoms with Crippen molar-refractivity contribution in [3.05, 3.63) is 46.2 Å². The molecule has 0 amide bonds. The average Bonchev–Trinajstić information content (AvgIpc) is 2.58. The number of nitrogens with one attached hydrogen (secondary N) is 1. The lowest BCUT2D eigenvalue weighted by Gasteiger charge is -1.96. The second kappa shape index (κ2) is 4.36. The maximum atomic E-state index is 13.3. The number of rotatable bonds is 2. The number of hydrogen-bond acceptors (Lipinski definition) is 3. The van der Waals surface area contributed by atoms with Gasteiger partial charge in [-0.1, -0.05) is 18.2 Å². The number of benzene rings is 1. The molecule has 0 spiro atoms. The van der Waals surface area contributed by atoms with E-state index in [-0.39, 0.29) is 5.82 Å². The largest absolute Gasteiger partial charge is 0.250 e. The smallest absolute Gasteiger partial charge is 0.216 e. The van der Waals surface area contributed by atoms with Crippen LogP contribution in [0, 0.1) is 17.5 Å². The number of halogens is 1. The van der Waals surface area contributed by atoms with E-state index in [0.29, 0.717) is 16.2 Å². The number of H-pyrrole nitrogens is 1. The molecule has 82 valence electrons. The zero-order chi connectivity index (χ0) is 11.5. The summed E-state index contributed by atoms with van der Waals surface area (Å²) in [5, 5.41) is 10.5. The predicted molar refractivity (Wildman–Crippen MR) is 61.5 cm³/mol. The van der Waals surface area contributed by atoms with E-state index in [9.17, 15) is 4.39 Å². The molecule has 6 heteroatoms. The Bertz CT molecular complexity index is 585. The van der Waals surface area contributed by atoms with Crippen LogP contribution in [-0.2, 0) is 0 Å². The topological polar surface area (TPSA) is 46.0 Å². The van der Waals surface area contributed by atoms with Gasteiger partial charge in [-0.15, -0.1) is 0 Å². The number of aryl methyl sites for hydroxylation is 1. The Morgan fingerprint density at radius 2 is 2.25 bits per heavy atom. The maximum absolute atomic E-state index is 13.3. The zero-order valence-electron chi connectivity index (χ0n) is 8.51. The highest BCUT2D eigenvalue weighted by molar-refractivity contribution is 7.71. The third kappa shape index (κ3) is 2.06. The van der Waals surface area contributed by atoms with E-state index in [4.69, 9.17) is 12.2 Å². The Labute approximate surface area is 96.4 Å². The second-order valence-corrected chi connectivity index (χ2v) is 3.54. The molecule has 0 atom stereocenters. The quantitative estimate of drug-likeness (QED) is 0.642. The lowest BCUT2D eigenvalue weighted by atomic mass is 10.2. The van der Waals surface area contributed by atoms with Gasteiger partial charge in [0.05, 0.1) is 6.21 Å². The summed E-state index contributed by atoms with van der Waals surface area (Å²) in [4.78, 5) is 0. The molecule has 1 heterocycles. The van der Waals surface area contributed by atoms with Crippen molar-refractivity contribution in [1.82, 2.24) is 14.9 Å². The summed E-state index contributed by atoms with van der Waals surface area (Å²) in [7, 11) is 0. The molecule has 2 rings (SSSR count). The fourth-order valence-electron chi connectivity index (χ4n) is 1.21. The van der Waals surface area contributed by atoms with Gasteiger partial charge in [-0.2, -0.15) is 14.9 Å². The lowest BCUT2D eigenvalue weighted by molar-refractivity contribution is 0.625. The van der Waals surface area contributed by atoms with Crippen molar-refractivity contribution >= 4 is 18.4 Å². The summed E-state index contributed by atoms with van der Waals surface area (Å²) < 4.78 is 15.1. The molecular formula is C10H9FN4S. The van der Waals surface area contributed by atoms with E-state index in [1.165, 1.54) is 17.0 Å². The van der Waals surface area contributed by atoms with E-state index in [2.05, 4.69) is 15.3 Å². The van der Waals surface area contributed by atoms with E-state index in [0.717, 1.165) is 0 Å². The van der Waals surface area contributed by atoms with Crippen molar-refractivity contribution in [2.75, 3.05) is 0 Å². The van der Waals surface area contributed by atoms with Crippen molar-refractivity contribution in [2.45, 2.75) is 6.92 Å². The molecule has 0 saturated carbocycles. The van der Waals surface area contributed by atoms with Crippen LogP contribution < -0.4 is 0 Å². The molecule has 1 aromatic carbocycles. The maximum Gasteiger partial charge on any atom is 0.216 e. The molecular weight excluding hydrogens is 227 g/mol. The molecule has 0 bridgehead atoms. The van der Waals surface area contributed by atoms with Crippen LogP contribution in [0.2, 0.25) is 0 Å². The van der Waals surface area contributed by atoms with Crippen LogP contribution in [0.4, 0.5) is 4.39 Å². The third-order valence-electron chi connectivity index (χ3n) is 2.03. The molecule has 0 unspecified atom stereocenters. The van der Waals surface area contributed by atoms with E-state index in [1.54, 1.807) is 25.1 Å². The molecule has 0 saturated heterocycles. The van der Waals surface area contributed by atoms with Crippen LogP contribution in [-0.4, -0.2) is 21.1 Å². The summed E-state index contributed by atoms with van der Waals surface area (Å²) in [5.41, 5.74) is 0.407. The van der Waals surface area contributed by atoms with Gasteiger partial charge in [0, 0.05) is 5.56 Å². The standard InChI is InChI=1S/C10H9FN4S/c1-7-13-14-10(16)15(7)12-6-8-4-2-3-5-9(8)11/h2-6H,1H3,(H,14,16)/b12-6+. The molecule has 0 radical (unpaired) electrons. The van der Waals surface area contributed by atoms with Gasteiger partial charge in [0.15, 0.2) is 0 Å². The van der Waals surface area contributed by atoms with Gasteiger partial charge in [0.1, 0.15) is 11.6 Å². The van der Waals surface area contributed by atoms with Crippen molar-refractivity contribution in [3.8, 4) is 0 Å². The van der Waals surface area contributed by atoms with Gasteiger partial charge in [-0.05, 0) is 25.2 Å². The van der Waals surface area contributed by atoms with Gasteiger partial charge in [0.25, 0.3) is 0 Å². The summed E-state index contributed by atoms with van der Waals surface area (Å²) in [5.74, 6) is 0.302. The Hall–Kier alpha value is -1.82. The van der Waals surface area contributed by atoms with Crippen LogP contribution in [0.1, 0.15) is 11.4 Å². The monoisotopic (exact) mass is 236 g/mol. The van der Waals surface area contributed by atoms with Gasteiger partial charge >= 0.3 is 0 Å². The minimum absolute atomic E-state index is 0.320. The first kappa shape index (κ1) is 10.7. The second-order valence-electron chi connectivity index (χ2n) is 3.15. The fourth-order valence-corrected chi connectivity index (χ4v) is 1.43. The molecule has 4 nitrogen and oxygen atoms in total. The summed E-state index contributed by atoms with van der Waals surface area (Å²) in [6.07, 6.45) is 1.41. The summed E-state index contributed by atoms with van der Waals surface area (Å²) >= 11 is 4.96. The molecule has 0 aliphatic heterocycles. The van der Waals surface area contributed by atoms with Crippen LogP contribution in [0.3, 0.4) is 0 Å². The van der Waals surface area contributed by atoms with Gasteiger partial charge in [-0.25, -0.2) is 4.39 Å². The van der Waals surface area contributed by atoms with Crippen molar-refractivity contribution in [1.29, 1.82) is 0 Å². The Morgan fingerprint density at radius 3 is 2.88 bits per heavy atom. The minimum Gasteiger partial charge on any atom is -0.250 e. The molecule has 1 N–H and O–H groups in total. The number of aromatic amines is 1. The first-order valence-electron chi connectivity index (χ1n) is 4.61. The van der Waals surface area contributed by atoms with Gasteiger partial charge in [0.2, 0.25) is 4.77 Å². The van der Waals surface area contributed by atoms with Crippen molar-refractivity contribution < 1.29 is 4.39 Å². The SMILES string of the molecule is Cc1n[nH]c(=S)n1/N=C/c1ccccc1F. The Kier molecular flexibility index (Phi) is 2.91. The molecule has 0 aliphatic rings. The van der Waals surface area contributed by atoms with Crippen LogP contribution >= 0.6 is 12.2 Å². The third-order valence-corrected chi connectivity index (χ3v) is 2.29. The highest BCUT2D eigenvalue weighted by Gasteiger charge is 1.99. The van der Waals surface area contributed by atoms with Gasteiger partial charge in [-0.3, -0.25) is 5.10 Å². The minimum atomic E-state index is -0.320. The molecule has 1 aromatic heterocycles. The molecule has 2 aromatic rings. The predicted octanol–water partition coefficient (Wildman–Crippen LogP) is 2.27. The lowest BCUT2D eigenvalue weighted by Crippen LogP contribution is -1.95. The van der Waals surface area contributed by atoms with Crippen molar-refractivity contribution in [3.63, 3.8) is 0 Å². The highest BCUT2D eigenvalue weighted by Crippen LogP contribution is 2.03. The van der Waals surface area contributed by atoms with Crippen molar-refractivity contribution in [2.24, 2.45) is 5.10 Å². The van der Waals surface area contributed by atoms with E-state index in [1.807, 2.05) is 0 Å². The Morgan fingerprint density at radius 1 is 1.50 bits per heavy atom. The Balaban J connectivity index is 2.36. The summed E-state index contributed by atoms with van der Waals surface area (Å²) in [6, 6.07) is 6.38. The van der Waals surface area contributed by atoms with Crippen LogP contribution in [0.5, 0.6) is 0 Å². The number of aromatic nitrogens is 3. The molecule has 0 aliphatic carbocycles. The fraction of sp³-hybridized carbons (Fsp3) is 0.100. The number of hydrogen-bond donors (Lipinski definition) is 1. The van der Waals surface area contributed by atoms with E-state index < -0.39 is 0 Å².